The van der Waals surface area contributed by atoms with E-state index in [9.17, 15) is 0 Å². The van der Waals surface area contributed by atoms with Crippen LogP contribution in [0.4, 0.5) is 5.69 Å². The van der Waals surface area contributed by atoms with E-state index in [2.05, 4.69) is 11.0 Å². The molecule has 82 valence electrons. The standard InChI is InChI=1S/C11H15ClN2O/c12-11-7-10(2-1-9(11)8-13)14-3-5-15-6-4-14/h1-2,7H,3-6,8,13H2. The zero-order valence-corrected chi connectivity index (χ0v) is 9.33. The molecule has 0 aliphatic carbocycles. The fourth-order valence-electron chi connectivity index (χ4n) is 1.72. The van der Waals surface area contributed by atoms with Crippen LogP contribution in [0, 0.1) is 0 Å². The predicted octanol–water partition coefficient (Wildman–Crippen LogP) is 1.64. The average molecular weight is 227 g/mol. The highest BCUT2D eigenvalue weighted by Crippen LogP contribution is 2.24. The van der Waals surface area contributed by atoms with Gasteiger partial charge in [0.05, 0.1) is 13.2 Å². The van der Waals surface area contributed by atoms with Crippen LogP contribution >= 0.6 is 11.6 Å². The molecule has 4 heteroatoms. The smallest absolute Gasteiger partial charge is 0.0642 e. The van der Waals surface area contributed by atoms with Crippen molar-refractivity contribution in [1.29, 1.82) is 0 Å². The molecule has 0 saturated carbocycles. The maximum atomic E-state index is 6.11. The van der Waals surface area contributed by atoms with Gasteiger partial charge in [0.25, 0.3) is 0 Å². The molecule has 1 heterocycles. The van der Waals surface area contributed by atoms with Gasteiger partial charge < -0.3 is 15.4 Å². The fraction of sp³-hybridized carbons (Fsp3) is 0.455. The molecule has 0 amide bonds. The molecule has 1 aliphatic heterocycles. The Morgan fingerprint density at radius 1 is 1.33 bits per heavy atom. The van der Waals surface area contributed by atoms with Gasteiger partial charge in [-0.05, 0) is 17.7 Å². The molecule has 2 N–H and O–H groups in total. The second kappa shape index (κ2) is 4.84. The van der Waals surface area contributed by atoms with E-state index in [0.717, 1.165) is 42.6 Å². The second-order valence-corrected chi connectivity index (χ2v) is 3.99. The van der Waals surface area contributed by atoms with Gasteiger partial charge in [0.1, 0.15) is 0 Å². The van der Waals surface area contributed by atoms with Gasteiger partial charge in [-0.15, -0.1) is 0 Å². The van der Waals surface area contributed by atoms with E-state index >= 15 is 0 Å². The maximum absolute atomic E-state index is 6.11. The topological polar surface area (TPSA) is 38.5 Å². The number of halogens is 1. The van der Waals surface area contributed by atoms with Crippen LogP contribution in [0.2, 0.25) is 5.02 Å². The molecule has 1 aromatic carbocycles. The molecule has 3 nitrogen and oxygen atoms in total. The molecule has 0 radical (unpaired) electrons. The van der Waals surface area contributed by atoms with Crippen molar-refractivity contribution in [3.8, 4) is 0 Å². The molecular formula is C11H15ClN2O. The molecule has 0 unspecified atom stereocenters. The Labute approximate surface area is 94.8 Å². The minimum atomic E-state index is 0.488. The number of rotatable bonds is 2. The van der Waals surface area contributed by atoms with Gasteiger partial charge in [-0.3, -0.25) is 0 Å². The van der Waals surface area contributed by atoms with E-state index in [4.69, 9.17) is 22.1 Å². The normalized spacial score (nSPS) is 16.8. The molecule has 0 aromatic heterocycles. The summed E-state index contributed by atoms with van der Waals surface area (Å²) >= 11 is 6.11. The van der Waals surface area contributed by atoms with E-state index in [0.29, 0.717) is 6.54 Å². The summed E-state index contributed by atoms with van der Waals surface area (Å²) in [5, 5.41) is 0.751. The largest absolute Gasteiger partial charge is 0.378 e. The van der Waals surface area contributed by atoms with Crippen LogP contribution in [-0.2, 0) is 11.3 Å². The quantitative estimate of drug-likeness (QED) is 0.833. The van der Waals surface area contributed by atoms with Crippen molar-refractivity contribution in [3.05, 3.63) is 28.8 Å². The van der Waals surface area contributed by atoms with Crippen LogP contribution in [0.5, 0.6) is 0 Å². The molecule has 0 bridgehead atoms. The van der Waals surface area contributed by atoms with E-state index < -0.39 is 0 Å². The Hall–Kier alpha value is -0.770. The first-order valence-corrected chi connectivity index (χ1v) is 5.50. The minimum Gasteiger partial charge on any atom is -0.378 e. The number of anilines is 1. The summed E-state index contributed by atoms with van der Waals surface area (Å²) in [6, 6.07) is 6.04. The molecule has 0 atom stereocenters. The van der Waals surface area contributed by atoms with Crippen molar-refractivity contribution in [2.45, 2.75) is 6.54 Å². The van der Waals surface area contributed by atoms with Gasteiger partial charge in [0, 0.05) is 30.3 Å². The number of nitrogens with zero attached hydrogens (tertiary/aromatic N) is 1. The molecule has 15 heavy (non-hydrogen) atoms. The molecule has 2 rings (SSSR count). The Balaban J connectivity index is 2.17. The number of ether oxygens (including phenoxy) is 1. The van der Waals surface area contributed by atoms with Crippen molar-refractivity contribution in [3.63, 3.8) is 0 Å². The summed E-state index contributed by atoms with van der Waals surface area (Å²) < 4.78 is 5.30. The molecule has 1 aromatic rings. The Morgan fingerprint density at radius 3 is 2.67 bits per heavy atom. The molecule has 1 fully saturated rings. The highest BCUT2D eigenvalue weighted by atomic mass is 35.5. The molecule has 0 spiro atoms. The van der Waals surface area contributed by atoms with Crippen LogP contribution in [0.25, 0.3) is 0 Å². The predicted molar refractivity (Wildman–Crippen MR) is 62.4 cm³/mol. The number of hydrogen-bond acceptors (Lipinski definition) is 3. The van der Waals surface area contributed by atoms with Gasteiger partial charge in [-0.1, -0.05) is 17.7 Å². The van der Waals surface area contributed by atoms with E-state index in [1.807, 2.05) is 12.1 Å². The summed E-state index contributed by atoms with van der Waals surface area (Å²) in [5.41, 5.74) is 7.71. The van der Waals surface area contributed by atoms with Gasteiger partial charge in [-0.2, -0.15) is 0 Å². The van der Waals surface area contributed by atoms with E-state index in [1.165, 1.54) is 0 Å². The van der Waals surface area contributed by atoms with Gasteiger partial charge >= 0.3 is 0 Å². The summed E-state index contributed by atoms with van der Waals surface area (Å²) in [6.45, 7) is 3.92. The fourth-order valence-corrected chi connectivity index (χ4v) is 1.97. The summed E-state index contributed by atoms with van der Waals surface area (Å²) in [5.74, 6) is 0. The minimum absolute atomic E-state index is 0.488. The monoisotopic (exact) mass is 226 g/mol. The molecular weight excluding hydrogens is 212 g/mol. The third kappa shape index (κ3) is 2.43. The molecule has 1 saturated heterocycles. The third-order valence-electron chi connectivity index (χ3n) is 2.63. The van der Waals surface area contributed by atoms with Crippen molar-refractivity contribution < 1.29 is 4.74 Å². The summed E-state index contributed by atoms with van der Waals surface area (Å²) in [7, 11) is 0. The lowest BCUT2D eigenvalue weighted by atomic mass is 10.2. The zero-order valence-electron chi connectivity index (χ0n) is 8.58. The second-order valence-electron chi connectivity index (χ2n) is 3.58. The Morgan fingerprint density at radius 2 is 2.07 bits per heavy atom. The lowest BCUT2D eigenvalue weighted by molar-refractivity contribution is 0.122. The Bertz CT molecular complexity index is 337. The van der Waals surface area contributed by atoms with Gasteiger partial charge in [0.15, 0.2) is 0 Å². The first-order chi connectivity index (χ1) is 7.31. The van der Waals surface area contributed by atoms with E-state index in [-0.39, 0.29) is 0 Å². The van der Waals surface area contributed by atoms with E-state index in [1.54, 1.807) is 0 Å². The maximum Gasteiger partial charge on any atom is 0.0642 e. The van der Waals surface area contributed by atoms with Crippen LogP contribution < -0.4 is 10.6 Å². The van der Waals surface area contributed by atoms with Crippen LogP contribution in [0.3, 0.4) is 0 Å². The number of hydrogen-bond donors (Lipinski definition) is 1. The lowest BCUT2D eigenvalue weighted by Crippen LogP contribution is -2.36. The number of nitrogens with two attached hydrogens (primary N) is 1. The number of benzene rings is 1. The molecule has 1 aliphatic rings. The number of morpholine rings is 1. The van der Waals surface area contributed by atoms with Crippen molar-refractivity contribution in [2.24, 2.45) is 5.73 Å². The van der Waals surface area contributed by atoms with Crippen LogP contribution in [0.15, 0.2) is 18.2 Å². The first-order valence-electron chi connectivity index (χ1n) is 5.12. The van der Waals surface area contributed by atoms with Crippen LogP contribution in [-0.4, -0.2) is 26.3 Å². The summed E-state index contributed by atoms with van der Waals surface area (Å²) in [6.07, 6.45) is 0. The van der Waals surface area contributed by atoms with Crippen molar-refractivity contribution >= 4 is 17.3 Å². The average Bonchev–Trinajstić information content (AvgIpc) is 2.30. The van der Waals surface area contributed by atoms with Crippen LogP contribution in [0.1, 0.15) is 5.56 Å². The van der Waals surface area contributed by atoms with Crippen molar-refractivity contribution in [1.82, 2.24) is 0 Å². The highest BCUT2D eigenvalue weighted by Gasteiger charge is 2.11. The third-order valence-corrected chi connectivity index (χ3v) is 2.98. The Kier molecular flexibility index (Phi) is 3.46. The van der Waals surface area contributed by atoms with Crippen molar-refractivity contribution in [2.75, 3.05) is 31.2 Å². The highest BCUT2D eigenvalue weighted by molar-refractivity contribution is 6.31. The van der Waals surface area contributed by atoms with Gasteiger partial charge in [-0.25, -0.2) is 0 Å². The SMILES string of the molecule is NCc1ccc(N2CCOCC2)cc1Cl. The zero-order chi connectivity index (χ0) is 10.7. The summed E-state index contributed by atoms with van der Waals surface area (Å²) in [4.78, 5) is 2.27. The first kappa shape index (κ1) is 10.7. The lowest BCUT2D eigenvalue weighted by Gasteiger charge is -2.29. The van der Waals surface area contributed by atoms with Gasteiger partial charge in [0.2, 0.25) is 0 Å².